The second-order valence-electron chi connectivity index (χ2n) is 5.35. The lowest BCUT2D eigenvalue weighted by Gasteiger charge is -2.14. The normalized spacial score (nSPS) is 14.9. The quantitative estimate of drug-likeness (QED) is 0.806. The van der Waals surface area contributed by atoms with E-state index in [9.17, 15) is 0 Å². The van der Waals surface area contributed by atoms with Gasteiger partial charge in [0.1, 0.15) is 0 Å². The van der Waals surface area contributed by atoms with E-state index in [1.165, 1.54) is 18.4 Å². The predicted octanol–water partition coefficient (Wildman–Crippen LogP) is 2.98. The Morgan fingerprint density at radius 2 is 2.06 bits per heavy atom. The molecule has 0 amide bonds. The molecule has 1 aliphatic rings. The fraction of sp³-hybridized carbons (Fsp3) is 0.600. The Bertz CT molecular complexity index is 386. The molecule has 1 aromatic rings. The standard InChI is InChI=1S/C15H23NO2/c1-11(2)10-18-15-8-12(4-7-14(15)17-3)9-16-13-5-6-13/h4,7-8,11,13,16H,5-6,9-10H2,1-3H3. The Balaban J connectivity index is 2.00. The molecule has 0 bridgehead atoms. The molecule has 18 heavy (non-hydrogen) atoms. The second-order valence-corrected chi connectivity index (χ2v) is 5.35. The minimum Gasteiger partial charge on any atom is -0.493 e. The molecule has 3 heteroatoms. The lowest BCUT2D eigenvalue weighted by atomic mass is 10.2. The maximum Gasteiger partial charge on any atom is 0.161 e. The van der Waals surface area contributed by atoms with Crippen molar-refractivity contribution in [3.8, 4) is 11.5 Å². The molecule has 1 aliphatic carbocycles. The third kappa shape index (κ3) is 3.91. The number of benzene rings is 1. The zero-order chi connectivity index (χ0) is 13.0. The Labute approximate surface area is 109 Å². The second kappa shape index (κ2) is 6.10. The summed E-state index contributed by atoms with van der Waals surface area (Å²) in [5, 5.41) is 3.51. The topological polar surface area (TPSA) is 30.5 Å². The Morgan fingerprint density at radius 3 is 2.67 bits per heavy atom. The molecule has 1 fully saturated rings. The summed E-state index contributed by atoms with van der Waals surface area (Å²) in [4.78, 5) is 0. The minimum atomic E-state index is 0.517. The predicted molar refractivity (Wildman–Crippen MR) is 73.2 cm³/mol. The van der Waals surface area contributed by atoms with E-state index in [1.54, 1.807) is 7.11 Å². The zero-order valence-corrected chi connectivity index (χ0v) is 11.5. The fourth-order valence-corrected chi connectivity index (χ4v) is 1.75. The van der Waals surface area contributed by atoms with Crippen LogP contribution in [-0.2, 0) is 6.54 Å². The molecular formula is C15H23NO2. The molecule has 0 radical (unpaired) electrons. The van der Waals surface area contributed by atoms with Gasteiger partial charge in [-0.15, -0.1) is 0 Å². The monoisotopic (exact) mass is 249 g/mol. The van der Waals surface area contributed by atoms with Crippen LogP contribution in [0.1, 0.15) is 32.3 Å². The van der Waals surface area contributed by atoms with Crippen LogP contribution in [0.15, 0.2) is 18.2 Å². The molecule has 0 atom stereocenters. The number of hydrogen-bond acceptors (Lipinski definition) is 3. The summed E-state index contributed by atoms with van der Waals surface area (Å²) in [7, 11) is 1.68. The minimum absolute atomic E-state index is 0.517. The number of nitrogens with one attached hydrogen (secondary N) is 1. The highest BCUT2D eigenvalue weighted by Crippen LogP contribution is 2.29. The van der Waals surface area contributed by atoms with Crippen LogP contribution in [0.25, 0.3) is 0 Å². The molecule has 2 rings (SSSR count). The lowest BCUT2D eigenvalue weighted by Crippen LogP contribution is -2.15. The van der Waals surface area contributed by atoms with Crippen LogP contribution in [0.3, 0.4) is 0 Å². The molecule has 0 aliphatic heterocycles. The van der Waals surface area contributed by atoms with Crippen molar-refractivity contribution in [2.75, 3.05) is 13.7 Å². The molecule has 3 nitrogen and oxygen atoms in total. The first kappa shape index (κ1) is 13.2. The lowest BCUT2D eigenvalue weighted by molar-refractivity contribution is 0.256. The van der Waals surface area contributed by atoms with E-state index in [-0.39, 0.29) is 0 Å². The van der Waals surface area contributed by atoms with Crippen LogP contribution in [0.5, 0.6) is 11.5 Å². The van der Waals surface area contributed by atoms with Gasteiger partial charge in [0.15, 0.2) is 11.5 Å². The highest BCUT2D eigenvalue weighted by Gasteiger charge is 2.20. The number of rotatable bonds is 7. The first-order valence-electron chi connectivity index (χ1n) is 6.72. The fourth-order valence-electron chi connectivity index (χ4n) is 1.75. The van der Waals surface area contributed by atoms with Gasteiger partial charge >= 0.3 is 0 Å². The summed E-state index contributed by atoms with van der Waals surface area (Å²) in [5.41, 5.74) is 1.25. The molecule has 0 saturated heterocycles. The average Bonchev–Trinajstić information content (AvgIpc) is 3.18. The molecule has 0 heterocycles. The van der Waals surface area contributed by atoms with Crippen LogP contribution in [0, 0.1) is 5.92 Å². The van der Waals surface area contributed by atoms with Gasteiger partial charge < -0.3 is 14.8 Å². The summed E-state index contributed by atoms with van der Waals surface area (Å²) in [6.45, 7) is 5.92. The van der Waals surface area contributed by atoms with Crippen LogP contribution in [-0.4, -0.2) is 19.8 Å². The van der Waals surface area contributed by atoms with Crippen molar-refractivity contribution in [3.63, 3.8) is 0 Å². The summed E-state index contributed by atoms with van der Waals surface area (Å²) in [6.07, 6.45) is 2.62. The highest BCUT2D eigenvalue weighted by molar-refractivity contribution is 5.43. The van der Waals surface area contributed by atoms with E-state index in [1.807, 2.05) is 6.07 Å². The van der Waals surface area contributed by atoms with Gasteiger partial charge in [0.05, 0.1) is 13.7 Å². The molecule has 0 aromatic heterocycles. The molecular weight excluding hydrogens is 226 g/mol. The summed E-state index contributed by atoms with van der Waals surface area (Å²) < 4.78 is 11.1. The van der Waals surface area contributed by atoms with Gasteiger partial charge in [-0.25, -0.2) is 0 Å². The van der Waals surface area contributed by atoms with Gasteiger partial charge in [-0.2, -0.15) is 0 Å². The van der Waals surface area contributed by atoms with Gasteiger partial charge in [0, 0.05) is 12.6 Å². The third-order valence-corrected chi connectivity index (χ3v) is 2.97. The van der Waals surface area contributed by atoms with E-state index < -0.39 is 0 Å². The maximum atomic E-state index is 5.80. The molecule has 1 saturated carbocycles. The molecule has 1 aromatic carbocycles. The summed E-state index contributed by atoms with van der Waals surface area (Å²) >= 11 is 0. The van der Waals surface area contributed by atoms with Crippen molar-refractivity contribution in [2.24, 2.45) is 5.92 Å². The summed E-state index contributed by atoms with van der Waals surface area (Å²) in [6, 6.07) is 6.89. The largest absolute Gasteiger partial charge is 0.493 e. The van der Waals surface area contributed by atoms with Gasteiger partial charge in [-0.1, -0.05) is 19.9 Å². The first-order valence-corrected chi connectivity index (χ1v) is 6.72. The number of hydrogen-bond donors (Lipinski definition) is 1. The highest BCUT2D eigenvalue weighted by atomic mass is 16.5. The van der Waals surface area contributed by atoms with Crippen molar-refractivity contribution in [2.45, 2.75) is 39.3 Å². The SMILES string of the molecule is COc1ccc(CNC2CC2)cc1OCC(C)C. The van der Waals surface area contributed by atoms with E-state index >= 15 is 0 Å². The van der Waals surface area contributed by atoms with E-state index in [2.05, 4.69) is 31.3 Å². The van der Waals surface area contributed by atoms with Crippen LogP contribution in [0.2, 0.25) is 0 Å². The van der Waals surface area contributed by atoms with Gasteiger partial charge in [-0.3, -0.25) is 0 Å². The number of methoxy groups -OCH3 is 1. The van der Waals surface area contributed by atoms with Crippen molar-refractivity contribution in [3.05, 3.63) is 23.8 Å². The molecule has 1 N–H and O–H groups in total. The Morgan fingerprint density at radius 1 is 1.28 bits per heavy atom. The Kier molecular flexibility index (Phi) is 4.48. The smallest absolute Gasteiger partial charge is 0.161 e. The van der Waals surface area contributed by atoms with E-state index in [0.717, 1.165) is 30.7 Å². The first-order chi connectivity index (χ1) is 8.69. The van der Waals surface area contributed by atoms with Crippen LogP contribution < -0.4 is 14.8 Å². The van der Waals surface area contributed by atoms with Crippen molar-refractivity contribution in [1.82, 2.24) is 5.32 Å². The van der Waals surface area contributed by atoms with Crippen molar-refractivity contribution in [1.29, 1.82) is 0 Å². The van der Waals surface area contributed by atoms with Crippen LogP contribution in [0.4, 0.5) is 0 Å². The third-order valence-electron chi connectivity index (χ3n) is 2.97. The van der Waals surface area contributed by atoms with Gasteiger partial charge in [-0.05, 0) is 36.5 Å². The van der Waals surface area contributed by atoms with Gasteiger partial charge in [0.25, 0.3) is 0 Å². The summed E-state index contributed by atoms with van der Waals surface area (Å²) in [5.74, 6) is 2.18. The van der Waals surface area contributed by atoms with Gasteiger partial charge in [0.2, 0.25) is 0 Å². The Hall–Kier alpha value is -1.22. The zero-order valence-electron chi connectivity index (χ0n) is 11.5. The molecule has 0 unspecified atom stereocenters. The van der Waals surface area contributed by atoms with Crippen LogP contribution >= 0.6 is 0 Å². The van der Waals surface area contributed by atoms with Crippen molar-refractivity contribution >= 4 is 0 Å². The van der Waals surface area contributed by atoms with Crippen molar-refractivity contribution < 1.29 is 9.47 Å². The van der Waals surface area contributed by atoms with E-state index in [0.29, 0.717) is 5.92 Å². The number of ether oxygens (including phenoxy) is 2. The molecule has 100 valence electrons. The maximum absolute atomic E-state index is 5.80. The molecule has 0 spiro atoms. The van der Waals surface area contributed by atoms with E-state index in [4.69, 9.17) is 9.47 Å². The average molecular weight is 249 g/mol.